The first kappa shape index (κ1) is 16.2. The second-order valence-corrected chi connectivity index (χ2v) is 8.71. The van der Waals surface area contributed by atoms with Crippen molar-refractivity contribution in [2.45, 2.75) is 31.5 Å². The number of hydrogen-bond donors (Lipinski definition) is 2. The van der Waals surface area contributed by atoms with E-state index < -0.39 is 0 Å². The highest BCUT2D eigenvalue weighted by Gasteiger charge is 2.42. The van der Waals surface area contributed by atoms with E-state index in [1.165, 1.54) is 9.75 Å². The predicted octanol–water partition coefficient (Wildman–Crippen LogP) is 2.78. The van der Waals surface area contributed by atoms with E-state index in [0.717, 1.165) is 38.2 Å². The Hall–Kier alpha value is -1.96. The quantitative estimate of drug-likeness (QED) is 0.742. The standard InChI is InChI=1S/C19H23N5OS/c25-18-9-14-11-23(10-13(14)8-17(18)24-7-1-5-21-24)12-15-2-3-19(26-15)16-4-6-20-22-16/h1-7,13-14,17-18,25H,8-12H2,(H,20,22)/t13-,14+,17-,18-/m1/s1. The Labute approximate surface area is 156 Å². The minimum atomic E-state index is -0.287. The second kappa shape index (κ2) is 6.64. The molecule has 0 aromatic carbocycles. The highest BCUT2D eigenvalue weighted by molar-refractivity contribution is 7.15. The molecule has 1 aliphatic heterocycles. The third-order valence-electron chi connectivity index (χ3n) is 5.86. The Bertz CT molecular complexity index is 843. The number of fused-ring (bicyclic) bond motifs is 1. The first-order chi connectivity index (χ1) is 12.8. The van der Waals surface area contributed by atoms with E-state index in [4.69, 9.17) is 0 Å². The van der Waals surface area contributed by atoms with Crippen molar-refractivity contribution >= 4 is 11.3 Å². The summed E-state index contributed by atoms with van der Waals surface area (Å²) in [5, 5.41) is 22.0. The van der Waals surface area contributed by atoms with Crippen LogP contribution in [0.2, 0.25) is 0 Å². The van der Waals surface area contributed by atoms with Gasteiger partial charge in [0, 0.05) is 43.1 Å². The highest BCUT2D eigenvalue weighted by Crippen LogP contribution is 2.41. The van der Waals surface area contributed by atoms with Gasteiger partial charge < -0.3 is 5.11 Å². The van der Waals surface area contributed by atoms with E-state index in [0.29, 0.717) is 11.8 Å². The molecule has 26 heavy (non-hydrogen) atoms. The van der Waals surface area contributed by atoms with Gasteiger partial charge in [-0.3, -0.25) is 14.7 Å². The Morgan fingerprint density at radius 1 is 1.15 bits per heavy atom. The largest absolute Gasteiger partial charge is 0.391 e. The topological polar surface area (TPSA) is 70.0 Å². The number of likely N-dealkylation sites (tertiary alicyclic amines) is 1. The van der Waals surface area contributed by atoms with Crippen molar-refractivity contribution in [2.24, 2.45) is 11.8 Å². The number of aromatic amines is 1. The molecule has 0 amide bonds. The van der Waals surface area contributed by atoms with Crippen molar-refractivity contribution in [3.05, 3.63) is 47.7 Å². The molecule has 5 rings (SSSR count). The van der Waals surface area contributed by atoms with Crippen LogP contribution < -0.4 is 0 Å². The summed E-state index contributed by atoms with van der Waals surface area (Å²) in [6.45, 7) is 3.20. The van der Waals surface area contributed by atoms with Gasteiger partial charge in [0.05, 0.1) is 22.7 Å². The van der Waals surface area contributed by atoms with E-state index in [9.17, 15) is 5.11 Å². The maximum atomic E-state index is 10.6. The van der Waals surface area contributed by atoms with Gasteiger partial charge in [0.15, 0.2) is 0 Å². The zero-order valence-electron chi connectivity index (χ0n) is 14.5. The van der Waals surface area contributed by atoms with E-state index in [-0.39, 0.29) is 12.1 Å². The van der Waals surface area contributed by atoms with Crippen LogP contribution in [0.3, 0.4) is 0 Å². The molecule has 1 aliphatic carbocycles. The molecule has 3 aromatic heterocycles. The Balaban J connectivity index is 1.25. The molecular formula is C19H23N5OS. The molecule has 2 fully saturated rings. The van der Waals surface area contributed by atoms with Crippen molar-refractivity contribution in [2.75, 3.05) is 13.1 Å². The number of thiophene rings is 1. The molecule has 2 aliphatic rings. The monoisotopic (exact) mass is 369 g/mol. The average Bonchev–Trinajstić information content (AvgIpc) is 3.41. The maximum absolute atomic E-state index is 10.6. The number of aliphatic hydroxyl groups is 1. The van der Waals surface area contributed by atoms with Crippen LogP contribution in [0.25, 0.3) is 10.6 Å². The summed E-state index contributed by atoms with van der Waals surface area (Å²) in [5.74, 6) is 1.25. The first-order valence-electron chi connectivity index (χ1n) is 9.24. The van der Waals surface area contributed by atoms with Gasteiger partial charge in [-0.25, -0.2) is 0 Å². The molecule has 2 N–H and O–H groups in total. The van der Waals surface area contributed by atoms with Crippen molar-refractivity contribution in [3.8, 4) is 10.6 Å². The van der Waals surface area contributed by atoms with E-state index >= 15 is 0 Å². The summed E-state index contributed by atoms with van der Waals surface area (Å²) >= 11 is 1.83. The predicted molar refractivity (Wildman–Crippen MR) is 101 cm³/mol. The average molecular weight is 369 g/mol. The molecule has 4 atom stereocenters. The molecule has 0 spiro atoms. The number of hydrogen-bond acceptors (Lipinski definition) is 5. The SMILES string of the molecule is O[C@@H]1C[C@H]2CN(Cc3ccc(-c4ccn[nH]4)s3)C[C@H]2C[C@H]1n1cccn1. The Morgan fingerprint density at radius 3 is 2.81 bits per heavy atom. The van der Waals surface area contributed by atoms with E-state index in [1.54, 1.807) is 12.4 Å². The zero-order valence-corrected chi connectivity index (χ0v) is 15.3. The summed E-state index contributed by atoms with van der Waals surface area (Å²) in [6.07, 6.45) is 7.19. The number of aliphatic hydroxyl groups excluding tert-OH is 1. The van der Waals surface area contributed by atoms with Crippen molar-refractivity contribution in [1.29, 1.82) is 0 Å². The maximum Gasteiger partial charge on any atom is 0.0781 e. The van der Waals surface area contributed by atoms with Crippen molar-refractivity contribution in [3.63, 3.8) is 0 Å². The molecule has 0 bridgehead atoms. The smallest absolute Gasteiger partial charge is 0.0781 e. The lowest BCUT2D eigenvalue weighted by atomic mass is 9.77. The van der Waals surface area contributed by atoms with Gasteiger partial charge in [0.1, 0.15) is 0 Å². The Kier molecular flexibility index (Phi) is 4.15. The van der Waals surface area contributed by atoms with Crippen LogP contribution in [-0.4, -0.2) is 49.2 Å². The normalized spacial score (nSPS) is 29.1. The minimum Gasteiger partial charge on any atom is -0.391 e. The van der Waals surface area contributed by atoms with Crippen LogP contribution in [0.5, 0.6) is 0 Å². The highest BCUT2D eigenvalue weighted by atomic mass is 32.1. The van der Waals surface area contributed by atoms with E-state index in [2.05, 4.69) is 32.3 Å². The van der Waals surface area contributed by atoms with Crippen molar-refractivity contribution in [1.82, 2.24) is 24.9 Å². The fraction of sp³-hybridized carbons (Fsp3) is 0.474. The molecular weight excluding hydrogens is 346 g/mol. The number of nitrogens with zero attached hydrogens (tertiary/aromatic N) is 4. The molecule has 136 valence electrons. The van der Waals surface area contributed by atoms with Gasteiger partial charge in [-0.1, -0.05) is 0 Å². The van der Waals surface area contributed by atoms with Gasteiger partial charge in [0.25, 0.3) is 0 Å². The minimum absolute atomic E-state index is 0.125. The fourth-order valence-electron chi connectivity index (χ4n) is 4.62. The summed E-state index contributed by atoms with van der Waals surface area (Å²) in [7, 11) is 0. The summed E-state index contributed by atoms with van der Waals surface area (Å²) in [6, 6.07) is 8.48. The third kappa shape index (κ3) is 3.00. The van der Waals surface area contributed by atoms with Crippen LogP contribution in [0.1, 0.15) is 23.8 Å². The molecule has 3 aromatic rings. The molecule has 6 nitrogen and oxygen atoms in total. The zero-order chi connectivity index (χ0) is 17.5. The second-order valence-electron chi connectivity index (χ2n) is 7.54. The molecule has 0 radical (unpaired) electrons. The molecule has 1 saturated carbocycles. The van der Waals surface area contributed by atoms with Crippen LogP contribution >= 0.6 is 11.3 Å². The van der Waals surface area contributed by atoms with Crippen molar-refractivity contribution < 1.29 is 5.11 Å². The number of aromatic nitrogens is 4. The molecule has 7 heteroatoms. The number of H-pyrrole nitrogens is 1. The lowest BCUT2D eigenvalue weighted by Crippen LogP contribution is -2.36. The van der Waals surface area contributed by atoms with Crippen LogP contribution in [0.4, 0.5) is 0 Å². The first-order valence-corrected chi connectivity index (χ1v) is 10.1. The number of rotatable bonds is 4. The van der Waals surface area contributed by atoms with Crippen LogP contribution in [-0.2, 0) is 6.54 Å². The lowest BCUT2D eigenvalue weighted by Gasteiger charge is -2.35. The summed E-state index contributed by atoms with van der Waals surface area (Å²) in [4.78, 5) is 5.18. The number of nitrogens with one attached hydrogen (secondary N) is 1. The molecule has 4 heterocycles. The lowest BCUT2D eigenvalue weighted by molar-refractivity contribution is 0.0306. The van der Waals surface area contributed by atoms with Crippen LogP contribution in [0, 0.1) is 11.8 Å². The summed E-state index contributed by atoms with van der Waals surface area (Å²) < 4.78 is 1.94. The molecule has 1 saturated heterocycles. The third-order valence-corrected chi connectivity index (χ3v) is 6.96. The van der Waals surface area contributed by atoms with Gasteiger partial charge >= 0.3 is 0 Å². The van der Waals surface area contributed by atoms with Crippen LogP contribution in [0.15, 0.2) is 42.9 Å². The van der Waals surface area contributed by atoms with Gasteiger partial charge in [-0.2, -0.15) is 10.2 Å². The van der Waals surface area contributed by atoms with Gasteiger partial charge in [0.2, 0.25) is 0 Å². The van der Waals surface area contributed by atoms with Gasteiger partial charge in [-0.05, 0) is 48.9 Å². The fourth-order valence-corrected chi connectivity index (χ4v) is 5.64. The van der Waals surface area contributed by atoms with E-state index in [1.807, 2.05) is 34.3 Å². The molecule has 0 unspecified atom stereocenters. The summed E-state index contributed by atoms with van der Waals surface area (Å²) in [5.41, 5.74) is 1.08. The Morgan fingerprint density at radius 2 is 2.04 bits per heavy atom. The van der Waals surface area contributed by atoms with Gasteiger partial charge in [-0.15, -0.1) is 11.3 Å².